The molecule has 0 aliphatic carbocycles. The van der Waals surface area contributed by atoms with Crippen LogP contribution in [0.15, 0.2) is 35.2 Å². The molecule has 3 heterocycles. The summed E-state index contributed by atoms with van der Waals surface area (Å²) < 4.78 is 3.05. The maximum Gasteiger partial charge on any atom is 0.139 e. The molecule has 0 fully saturated rings. The number of nitrogens with one attached hydrogen (secondary N) is 1. The van der Waals surface area contributed by atoms with Gasteiger partial charge in [-0.25, -0.2) is 4.68 Å². The number of pyridine rings is 1. The Morgan fingerprint density at radius 3 is 3.00 bits per heavy atom. The van der Waals surface area contributed by atoms with Gasteiger partial charge in [0, 0.05) is 18.9 Å². The Bertz CT molecular complexity index is 494. The Morgan fingerprint density at radius 2 is 2.19 bits per heavy atom. The maximum atomic E-state index is 4.40. The minimum atomic E-state index is 0.311. The highest BCUT2D eigenvalue weighted by molar-refractivity contribution is 9.10. The summed E-state index contributed by atoms with van der Waals surface area (Å²) in [4.78, 5) is 4.05. The predicted molar refractivity (Wildman–Crippen MR) is 65.4 cm³/mol. The molecule has 4 nitrogen and oxygen atoms in total. The summed E-state index contributed by atoms with van der Waals surface area (Å²) in [6.07, 6.45) is 6.54. The zero-order valence-corrected chi connectivity index (χ0v) is 10.2. The minimum Gasteiger partial charge on any atom is -0.369 e. The molecule has 5 heteroatoms. The number of hydrogen-bond acceptors (Lipinski definition) is 3. The van der Waals surface area contributed by atoms with Crippen molar-refractivity contribution in [1.82, 2.24) is 14.8 Å². The standard InChI is InChI=1S/C11H11BrN4/c12-9-7-15-16-10(3-6-14-11(9)16)8-1-4-13-5-2-8/h1-2,4-5,7,10,14H,3,6H2. The van der Waals surface area contributed by atoms with E-state index in [1.807, 2.05) is 23.3 Å². The van der Waals surface area contributed by atoms with Crippen molar-refractivity contribution in [2.75, 3.05) is 11.9 Å². The average Bonchev–Trinajstić information content (AvgIpc) is 2.73. The molecule has 1 atom stereocenters. The van der Waals surface area contributed by atoms with E-state index in [0.29, 0.717) is 6.04 Å². The normalized spacial score (nSPS) is 18.9. The lowest BCUT2D eigenvalue weighted by molar-refractivity contribution is 0.481. The van der Waals surface area contributed by atoms with Crippen LogP contribution in [0.1, 0.15) is 18.0 Å². The summed E-state index contributed by atoms with van der Waals surface area (Å²) in [7, 11) is 0. The average molecular weight is 279 g/mol. The molecule has 1 aliphatic rings. The molecule has 0 aromatic carbocycles. The second kappa shape index (κ2) is 3.90. The van der Waals surface area contributed by atoms with Crippen molar-refractivity contribution in [3.05, 3.63) is 40.8 Å². The van der Waals surface area contributed by atoms with Gasteiger partial charge in [-0.3, -0.25) is 4.98 Å². The van der Waals surface area contributed by atoms with E-state index in [9.17, 15) is 0 Å². The fourth-order valence-corrected chi connectivity index (χ4v) is 2.50. The van der Waals surface area contributed by atoms with E-state index in [1.54, 1.807) is 0 Å². The second-order valence-corrected chi connectivity index (χ2v) is 4.65. The molecule has 0 saturated heterocycles. The lowest BCUT2D eigenvalue weighted by Gasteiger charge is -2.26. The minimum absolute atomic E-state index is 0.311. The van der Waals surface area contributed by atoms with Crippen LogP contribution in [-0.2, 0) is 0 Å². The van der Waals surface area contributed by atoms with Gasteiger partial charge in [-0.05, 0) is 40.0 Å². The summed E-state index contributed by atoms with van der Waals surface area (Å²) in [5.41, 5.74) is 1.26. The van der Waals surface area contributed by atoms with E-state index in [4.69, 9.17) is 0 Å². The molecule has 1 unspecified atom stereocenters. The summed E-state index contributed by atoms with van der Waals surface area (Å²) in [5.74, 6) is 1.06. The van der Waals surface area contributed by atoms with Gasteiger partial charge in [0.2, 0.25) is 0 Å². The molecular formula is C11H11BrN4. The molecule has 82 valence electrons. The summed E-state index contributed by atoms with van der Waals surface area (Å²) in [6.45, 7) is 0.970. The van der Waals surface area contributed by atoms with Gasteiger partial charge >= 0.3 is 0 Å². The topological polar surface area (TPSA) is 42.7 Å². The summed E-state index contributed by atoms with van der Waals surface area (Å²) in [5, 5.41) is 7.75. The number of nitrogens with zero attached hydrogens (tertiary/aromatic N) is 3. The molecule has 2 aromatic heterocycles. The van der Waals surface area contributed by atoms with Crippen LogP contribution >= 0.6 is 15.9 Å². The van der Waals surface area contributed by atoms with Crippen molar-refractivity contribution in [2.45, 2.75) is 12.5 Å². The first-order valence-electron chi connectivity index (χ1n) is 5.23. The van der Waals surface area contributed by atoms with Crippen molar-refractivity contribution in [2.24, 2.45) is 0 Å². The number of hydrogen-bond donors (Lipinski definition) is 1. The van der Waals surface area contributed by atoms with E-state index >= 15 is 0 Å². The Hall–Kier alpha value is -1.36. The highest BCUT2D eigenvalue weighted by Gasteiger charge is 2.23. The van der Waals surface area contributed by atoms with Gasteiger partial charge in [0.1, 0.15) is 5.82 Å². The second-order valence-electron chi connectivity index (χ2n) is 3.80. The number of rotatable bonds is 1. The zero-order valence-electron chi connectivity index (χ0n) is 8.60. The van der Waals surface area contributed by atoms with Crippen LogP contribution in [0.2, 0.25) is 0 Å². The highest BCUT2D eigenvalue weighted by Crippen LogP contribution is 2.33. The highest BCUT2D eigenvalue weighted by atomic mass is 79.9. The molecule has 2 aromatic rings. The maximum absolute atomic E-state index is 4.40. The smallest absolute Gasteiger partial charge is 0.139 e. The van der Waals surface area contributed by atoms with Gasteiger partial charge in [-0.15, -0.1) is 0 Å². The first-order valence-corrected chi connectivity index (χ1v) is 6.02. The number of aromatic nitrogens is 3. The number of fused-ring (bicyclic) bond motifs is 1. The van der Waals surface area contributed by atoms with Crippen LogP contribution in [0.3, 0.4) is 0 Å². The monoisotopic (exact) mass is 278 g/mol. The molecule has 1 aliphatic heterocycles. The third-order valence-electron chi connectivity index (χ3n) is 2.85. The molecule has 0 radical (unpaired) electrons. The molecular weight excluding hydrogens is 268 g/mol. The van der Waals surface area contributed by atoms with Crippen LogP contribution in [0, 0.1) is 0 Å². The van der Waals surface area contributed by atoms with Crippen LogP contribution in [-0.4, -0.2) is 21.3 Å². The van der Waals surface area contributed by atoms with Crippen molar-refractivity contribution >= 4 is 21.7 Å². The van der Waals surface area contributed by atoms with Gasteiger partial charge in [0.05, 0.1) is 16.7 Å². The molecule has 0 bridgehead atoms. The number of halogens is 1. The number of anilines is 1. The molecule has 1 N–H and O–H groups in total. The molecule has 0 amide bonds. The first kappa shape index (κ1) is 9.84. The van der Waals surface area contributed by atoms with Gasteiger partial charge in [-0.1, -0.05) is 0 Å². The SMILES string of the molecule is Brc1cnn2c1NCCC2c1ccncc1. The van der Waals surface area contributed by atoms with Crippen LogP contribution in [0.25, 0.3) is 0 Å². The fourth-order valence-electron chi connectivity index (χ4n) is 2.09. The summed E-state index contributed by atoms with van der Waals surface area (Å²) >= 11 is 3.49. The Balaban J connectivity index is 2.05. The van der Waals surface area contributed by atoms with Crippen molar-refractivity contribution in [1.29, 1.82) is 0 Å². The van der Waals surface area contributed by atoms with Gasteiger partial charge in [0.25, 0.3) is 0 Å². The first-order chi connectivity index (χ1) is 7.86. The Kier molecular flexibility index (Phi) is 2.40. The predicted octanol–water partition coefficient (Wildman–Crippen LogP) is 2.45. The van der Waals surface area contributed by atoms with Gasteiger partial charge < -0.3 is 5.32 Å². The van der Waals surface area contributed by atoms with Crippen molar-refractivity contribution < 1.29 is 0 Å². The van der Waals surface area contributed by atoms with E-state index in [1.165, 1.54) is 5.56 Å². The van der Waals surface area contributed by atoms with Crippen LogP contribution in [0.4, 0.5) is 5.82 Å². The lowest BCUT2D eigenvalue weighted by Crippen LogP contribution is -2.24. The van der Waals surface area contributed by atoms with Crippen LogP contribution < -0.4 is 5.32 Å². The zero-order chi connectivity index (χ0) is 11.0. The summed E-state index contributed by atoms with van der Waals surface area (Å²) in [6, 6.07) is 4.41. The largest absolute Gasteiger partial charge is 0.369 e. The Morgan fingerprint density at radius 1 is 1.38 bits per heavy atom. The van der Waals surface area contributed by atoms with E-state index in [2.05, 4.69) is 43.5 Å². The van der Waals surface area contributed by atoms with Gasteiger partial charge in [0.15, 0.2) is 0 Å². The fraction of sp³-hybridized carbons (Fsp3) is 0.273. The van der Waals surface area contributed by atoms with Gasteiger partial charge in [-0.2, -0.15) is 5.10 Å². The Labute approximate surface area is 102 Å². The third-order valence-corrected chi connectivity index (χ3v) is 3.43. The molecule has 0 spiro atoms. The van der Waals surface area contributed by atoms with E-state index in [0.717, 1.165) is 23.3 Å². The van der Waals surface area contributed by atoms with Crippen molar-refractivity contribution in [3.63, 3.8) is 0 Å². The van der Waals surface area contributed by atoms with Crippen molar-refractivity contribution in [3.8, 4) is 0 Å². The lowest BCUT2D eigenvalue weighted by atomic mass is 10.0. The quantitative estimate of drug-likeness (QED) is 0.871. The molecule has 16 heavy (non-hydrogen) atoms. The van der Waals surface area contributed by atoms with E-state index in [-0.39, 0.29) is 0 Å². The third kappa shape index (κ3) is 1.51. The molecule has 0 saturated carbocycles. The molecule has 3 rings (SSSR count). The van der Waals surface area contributed by atoms with Crippen LogP contribution in [0.5, 0.6) is 0 Å². The van der Waals surface area contributed by atoms with E-state index < -0.39 is 0 Å².